The van der Waals surface area contributed by atoms with Gasteiger partial charge in [-0.3, -0.25) is 13.9 Å². The summed E-state index contributed by atoms with van der Waals surface area (Å²) in [6, 6.07) is 26.4. The SMILES string of the molecule is C=CC(=O)NC(C)(C)C.CC(C)(C)N1CC1.CC(C)(C)OS(C)(=O)=O.CCCCOc1ccc(/C(=C(/C)c2ccccc2)c2ccc(OCC(O)CO)cc2)cc1. The van der Waals surface area contributed by atoms with Crippen molar-refractivity contribution in [1.82, 2.24) is 10.2 Å². The van der Waals surface area contributed by atoms with Crippen molar-refractivity contribution in [3.8, 4) is 11.5 Å². The molecule has 3 aromatic carbocycles. The van der Waals surface area contributed by atoms with Crippen molar-refractivity contribution in [3.05, 3.63) is 108 Å². The smallest absolute Gasteiger partial charge is 0.264 e. The predicted molar refractivity (Wildman–Crippen MR) is 235 cm³/mol. The molecule has 1 aliphatic heterocycles. The molecule has 0 aliphatic carbocycles. The number of carbonyl (C=O) groups is 1. The molecule has 1 atom stereocenters. The van der Waals surface area contributed by atoms with Crippen LogP contribution in [0.3, 0.4) is 0 Å². The first-order valence-electron chi connectivity index (χ1n) is 19.5. The molecular weight excluding hydrogens is 741 g/mol. The van der Waals surface area contributed by atoms with E-state index in [1.807, 2.05) is 75.4 Å². The minimum Gasteiger partial charge on any atom is -0.494 e. The quantitative estimate of drug-likeness (QED) is 0.0511. The summed E-state index contributed by atoms with van der Waals surface area (Å²) >= 11 is 0. The lowest BCUT2D eigenvalue weighted by molar-refractivity contribution is -0.117. The minimum atomic E-state index is -3.28. The normalized spacial score (nSPS) is 13.8. The summed E-state index contributed by atoms with van der Waals surface area (Å²) in [5, 5.41) is 21.2. The standard InChI is InChI=1S/C28H32O4.C7H13NO.C6H13N.C5H12O3S/c1-3-4-18-31-26-14-10-23(11-15-26)28(21(2)22-8-6-5-7-9-22)24-12-16-27(17-13-24)32-20-25(30)19-29;1-5-6(9)8-7(2,3)4;1-6(2,3)7-4-5-7;1-5(2,3)8-9(4,6)7/h5-17,25,29-30H,3-4,18-20H2,1-2H3;5H,1H2,2-4H3,(H,8,9);4-5H2,1-3H3;1-4H3/b28-21+;;;. The van der Waals surface area contributed by atoms with E-state index in [4.69, 9.17) is 14.6 Å². The number of hydrogen-bond donors (Lipinski definition) is 3. The summed E-state index contributed by atoms with van der Waals surface area (Å²) in [4.78, 5) is 13.0. The van der Waals surface area contributed by atoms with Crippen LogP contribution in [0, 0.1) is 0 Å². The van der Waals surface area contributed by atoms with Crippen LogP contribution in [0.4, 0.5) is 0 Å². The Kier molecular flexibility index (Phi) is 21.5. The molecule has 318 valence electrons. The Morgan fingerprint density at radius 1 is 0.842 bits per heavy atom. The minimum absolute atomic E-state index is 0.0566. The van der Waals surface area contributed by atoms with E-state index in [9.17, 15) is 18.3 Å². The Labute approximate surface area is 344 Å². The van der Waals surface area contributed by atoms with Crippen LogP contribution >= 0.6 is 0 Å². The summed E-state index contributed by atoms with van der Waals surface area (Å²) < 4.78 is 36.8. The molecular formula is C46H70N2O8S. The first-order valence-corrected chi connectivity index (χ1v) is 21.3. The lowest BCUT2D eigenvalue weighted by Gasteiger charge is -2.18. The van der Waals surface area contributed by atoms with Crippen molar-refractivity contribution < 1.29 is 37.1 Å². The van der Waals surface area contributed by atoms with E-state index in [1.165, 1.54) is 24.7 Å². The lowest BCUT2D eigenvalue weighted by atomic mass is 9.90. The predicted octanol–water partition coefficient (Wildman–Crippen LogP) is 8.53. The highest BCUT2D eigenvalue weighted by molar-refractivity contribution is 7.86. The Morgan fingerprint density at radius 2 is 1.33 bits per heavy atom. The highest BCUT2D eigenvalue weighted by Crippen LogP contribution is 2.34. The van der Waals surface area contributed by atoms with Gasteiger partial charge in [-0.25, -0.2) is 0 Å². The molecule has 1 fully saturated rings. The average Bonchev–Trinajstić information content (AvgIpc) is 3.98. The summed E-state index contributed by atoms with van der Waals surface area (Å²) in [6.07, 6.45) is 3.58. The zero-order valence-corrected chi connectivity index (χ0v) is 37.3. The third-order valence-electron chi connectivity index (χ3n) is 7.77. The van der Waals surface area contributed by atoms with Crippen LogP contribution in [0.1, 0.15) is 106 Å². The van der Waals surface area contributed by atoms with Gasteiger partial charge in [0.2, 0.25) is 5.91 Å². The van der Waals surface area contributed by atoms with Crippen LogP contribution < -0.4 is 14.8 Å². The number of nitrogens with one attached hydrogen (secondary N) is 1. The van der Waals surface area contributed by atoms with Crippen molar-refractivity contribution >= 4 is 27.2 Å². The average molecular weight is 811 g/mol. The largest absolute Gasteiger partial charge is 0.494 e. The first kappa shape index (κ1) is 51.0. The number of ether oxygens (including phenoxy) is 2. The van der Waals surface area contributed by atoms with Gasteiger partial charge in [0, 0.05) is 24.2 Å². The highest BCUT2D eigenvalue weighted by Gasteiger charge is 2.29. The molecule has 11 heteroatoms. The van der Waals surface area contributed by atoms with Crippen molar-refractivity contribution in [2.75, 3.05) is 39.2 Å². The van der Waals surface area contributed by atoms with Crippen LogP contribution in [0.5, 0.6) is 11.5 Å². The van der Waals surface area contributed by atoms with Gasteiger partial charge in [-0.1, -0.05) is 74.5 Å². The van der Waals surface area contributed by atoms with Gasteiger partial charge in [-0.05, 0) is 134 Å². The molecule has 3 aromatic rings. The van der Waals surface area contributed by atoms with Gasteiger partial charge in [0.25, 0.3) is 10.1 Å². The summed E-state index contributed by atoms with van der Waals surface area (Å²) in [6.45, 7) is 28.3. The van der Waals surface area contributed by atoms with E-state index in [2.05, 4.69) is 79.9 Å². The molecule has 1 amide bonds. The fourth-order valence-corrected chi connectivity index (χ4v) is 5.95. The van der Waals surface area contributed by atoms with Crippen molar-refractivity contribution in [2.24, 2.45) is 0 Å². The zero-order chi connectivity index (χ0) is 43.5. The molecule has 10 nitrogen and oxygen atoms in total. The fourth-order valence-electron chi connectivity index (χ4n) is 5.04. The Balaban J connectivity index is 0.000000522. The second kappa shape index (κ2) is 24.0. The van der Waals surface area contributed by atoms with Crippen LogP contribution in [0.25, 0.3) is 11.1 Å². The van der Waals surface area contributed by atoms with Crippen molar-refractivity contribution in [3.63, 3.8) is 0 Å². The number of unbranched alkanes of at least 4 members (excludes halogenated alkanes) is 1. The van der Waals surface area contributed by atoms with Gasteiger partial charge >= 0.3 is 0 Å². The molecule has 0 radical (unpaired) electrons. The summed E-state index contributed by atoms with van der Waals surface area (Å²) in [5.41, 5.74) is 5.35. The van der Waals surface area contributed by atoms with Gasteiger partial charge in [0.15, 0.2) is 0 Å². The maximum Gasteiger partial charge on any atom is 0.264 e. The topological polar surface area (TPSA) is 134 Å². The number of amides is 1. The zero-order valence-electron chi connectivity index (χ0n) is 36.5. The van der Waals surface area contributed by atoms with Gasteiger partial charge in [0.05, 0.1) is 25.1 Å². The van der Waals surface area contributed by atoms with Gasteiger partial charge in [-0.2, -0.15) is 8.42 Å². The second-order valence-electron chi connectivity index (χ2n) is 16.8. The van der Waals surface area contributed by atoms with E-state index in [0.29, 0.717) is 11.3 Å². The number of allylic oxidation sites excluding steroid dienone is 1. The van der Waals surface area contributed by atoms with Gasteiger partial charge < -0.3 is 25.0 Å². The van der Waals surface area contributed by atoms with Crippen LogP contribution in [-0.4, -0.2) is 91.4 Å². The summed E-state index contributed by atoms with van der Waals surface area (Å²) in [5.74, 6) is 1.41. The Hall–Kier alpha value is -4.00. The maximum atomic E-state index is 10.6. The Bertz CT molecular complexity index is 1750. The number of carbonyl (C=O) groups excluding carboxylic acids is 1. The molecule has 1 aliphatic rings. The number of hydrogen-bond acceptors (Lipinski definition) is 9. The van der Waals surface area contributed by atoms with E-state index in [1.54, 1.807) is 20.8 Å². The Morgan fingerprint density at radius 3 is 1.65 bits per heavy atom. The third-order valence-corrected chi connectivity index (χ3v) is 8.57. The molecule has 1 saturated heterocycles. The molecule has 0 spiro atoms. The molecule has 0 bridgehead atoms. The molecule has 0 aromatic heterocycles. The van der Waals surface area contributed by atoms with Crippen molar-refractivity contribution in [1.29, 1.82) is 0 Å². The first-order chi connectivity index (χ1) is 26.4. The maximum absolute atomic E-state index is 10.6. The molecule has 57 heavy (non-hydrogen) atoms. The molecule has 3 N–H and O–H groups in total. The molecule has 1 heterocycles. The van der Waals surface area contributed by atoms with Crippen LogP contribution in [0.2, 0.25) is 0 Å². The van der Waals surface area contributed by atoms with Crippen LogP contribution in [-0.2, 0) is 19.1 Å². The highest BCUT2D eigenvalue weighted by atomic mass is 32.2. The number of nitrogens with zero attached hydrogens (tertiary/aromatic N) is 1. The van der Waals surface area contributed by atoms with E-state index in [-0.39, 0.29) is 24.7 Å². The number of benzene rings is 3. The van der Waals surface area contributed by atoms with Crippen molar-refractivity contribution in [2.45, 2.75) is 112 Å². The van der Waals surface area contributed by atoms with Crippen LogP contribution in [0.15, 0.2) is 91.5 Å². The van der Waals surface area contributed by atoms with Gasteiger partial charge in [0.1, 0.15) is 24.2 Å². The number of aliphatic hydroxyl groups is 2. The third kappa shape index (κ3) is 23.7. The lowest BCUT2D eigenvalue weighted by Crippen LogP contribution is -2.39. The second-order valence-corrected chi connectivity index (χ2v) is 18.3. The van der Waals surface area contributed by atoms with E-state index < -0.39 is 21.8 Å². The molecule has 4 rings (SSSR count). The number of aliphatic hydroxyl groups excluding tert-OH is 2. The van der Waals surface area contributed by atoms with E-state index >= 15 is 0 Å². The van der Waals surface area contributed by atoms with E-state index in [0.717, 1.165) is 53.7 Å². The monoisotopic (exact) mass is 810 g/mol. The number of rotatable bonds is 13. The fraction of sp³-hybridized carbons (Fsp3) is 0.500. The molecule has 0 saturated carbocycles. The van der Waals surface area contributed by atoms with Gasteiger partial charge in [-0.15, -0.1) is 0 Å². The summed E-state index contributed by atoms with van der Waals surface area (Å²) in [7, 11) is -3.28. The molecule has 1 unspecified atom stereocenters.